The van der Waals surface area contributed by atoms with Gasteiger partial charge in [0.2, 0.25) is 5.91 Å². The fourth-order valence-electron chi connectivity index (χ4n) is 2.80. The van der Waals surface area contributed by atoms with Crippen molar-refractivity contribution in [2.75, 3.05) is 17.3 Å². The molecule has 0 aliphatic heterocycles. The molecule has 1 aromatic heterocycles. The minimum Gasteiger partial charge on any atom is -0.341 e. The SMILES string of the molecule is CCn1c2ccccc2c2cc(NC(=O)CSC)ccc21. The molecule has 1 amide bonds. The molecule has 1 N–H and O–H groups in total. The molecule has 108 valence electrons. The summed E-state index contributed by atoms with van der Waals surface area (Å²) in [5.74, 6) is 0.524. The first-order valence-corrected chi connectivity index (χ1v) is 8.43. The van der Waals surface area contributed by atoms with Crippen LogP contribution >= 0.6 is 11.8 Å². The summed E-state index contributed by atoms with van der Waals surface area (Å²) >= 11 is 1.53. The number of carbonyl (C=O) groups is 1. The molecule has 0 spiro atoms. The maximum atomic E-state index is 11.7. The van der Waals surface area contributed by atoms with Crippen LogP contribution in [0.15, 0.2) is 42.5 Å². The molecule has 0 radical (unpaired) electrons. The van der Waals surface area contributed by atoms with E-state index in [1.807, 2.05) is 12.3 Å². The van der Waals surface area contributed by atoms with Crippen LogP contribution in [-0.2, 0) is 11.3 Å². The molecule has 0 saturated carbocycles. The summed E-state index contributed by atoms with van der Waals surface area (Å²) in [6.45, 7) is 3.09. The predicted octanol–water partition coefficient (Wildman–Crippen LogP) is 4.12. The van der Waals surface area contributed by atoms with E-state index in [0.717, 1.165) is 12.2 Å². The highest BCUT2D eigenvalue weighted by atomic mass is 32.2. The third-order valence-electron chi connectivity index (χ3n) is 3.65. The van der Waals surface area contributed by atoms with Crippen LogP contribution in [0.2, 0.25) is 0 Å². The molecule has 3 rings (SSSR count). The lowest BCUT2D eigenvalue weighted by Crippen LogP contribution is -2.13. The molecule has 21 heavy (non-hydrogen) atoms. The summed E-state index contributed by atoms with van der Waals surface area (Å²) in [5, 5.41) is 5.38. The highest BCUT2D eigenvalue weighted by Crippen LogP contribution is 2.30. The minimum atomic E-state index is 0.0427. The first-order valence-electron chi connectivity index (χ1n) is 7.04. The van der Waals surface area contributed by atoms with E-state index >= 15 is 0 Å². The number of benzene rings is 2. The number of hydrogen-bond acceptors (Lipinski definition) is 2. The Hall–Kier alpha value is -1.94. The monoisotopic (exact) mass is 298 g/mol. The lowest BCUT2D eigenvalue weighted by atomic mass is 10.1. The molecule has 3 aromatic rings. The number of carbonyl (C=O) groups excluding carboxylic acids is 1. The number of amides is 1. The first kappa shape index (κ1) is 14.0. The average Bonchev–Trinajstić information content (AvgIpc) is 2.81. The zero-order chi connectivity index (χ0) is 14.8. The molecule has 0 aliphatic carbocycles. The second-order valence-electron chi connectivity index (χ2n) is 4.97. The van der Waals surface area contributed by atoms with Crippen LogP contribution < -0.4 is 5.32 Å². The average molecular weight is 298 g/mol. The van der Waals surface area contributed by atoms with Crippen molar-refractivity contribution in [1.29, 1.82) is 0 Å². The lowest BCUT2D eigenvalue weighted by Gasteiger charge is -2.06. The molecule has 0 atom stereocenters. The van der Waals surface area contributed by atoms with Crippen molar-refractivity contribution in [1.82, 2.24) is 4.57 Å². The third-order valence-corrected chi connectivity index (χ3v) is 4.20. The van der Waals surface area contributed by atoms with Gasteiger partial charge >= 0.3 is 0 Å². The summed E-state index contributed by atoms with van der Waals surface area (Å²) in [6.07, 6.45) is 1.93. The molecule has 0 fully saturated rings. The zero-order valence-electron chi connectivity index (χ0n) is 12.2. The number of thioether (sulfide) groups is 1. The molecule has 3 nitrogen and oxygen atoms in total. The largest absolute Gasteiger partial charge is 0.341 e. The molecule has 1 heterocycles. The Morgan fingerprint density at radius 3 is 2.67 bits per heavy atom. The van der Waals surface area contributed by atoms with Gasteiger partial charge < -0.3 is 9.88 Å². The van der Waals surface area contributed by atoms with Crippen LogP contribution in [0, 0.1) is 0 Å². The summed E-state index contributed by atoms with van der Waals surface area (Å²) in [6, 6.07) is 14.5. The van der Waals surface area contributed by atoms with E-state index in [4.69, 9.17) is 0 Å². The summed E-state index contributed by atoms with van der Waals surface area (Å²) < 4.78 is 2.30. The van der Waals surface area contributed by atoms with Gasteiger partial charge in [0.1, 0.15) is 0 Å². The van der Waals surface area contributed by atoms with Gasteiger partial charge in [0.15, 0.2) is 0 Å². The van der Waals surface area contributed by atoms with E-state index in [1.54, 1.807) is 0 Å². The Kier molecular flexibility index (Phi) is 3.88. The number of para-hydroxylation sites is 1. The maximum Gasteiger partial charge on any atom is 0.234 e. The Labute approximate surface area is 128 Å². The van der Waals surface area contributed by atoms with Crippen molar-refractivity contribution in [3.05, 3.63) is 42.5 Å². The number of anilines is 1. The van der Waals surface area contributed by atoms with Crippen LogP contribution in [-0.4, -0.2) is 22.5 Å². The smallest absolute Gasteiger partial charge is 0.234 e. The van der Waals surface area contributed by atoms with Crippen LogP contribution in [0.5, 0.6) is 0 Å². The second kappa shape index (κ2) is 5.82. The van der Waals surface area contributed by atoms with Gasteiger partial charge in [-0.05, 0) is 37.4 Å². The third kappa shape index (κ3) is 2.51. The number of hydrogen-bond donors (Lipinski definition) is 1. The van der Waals surface area contributed by atoms with Crippen molar-refractivity contribution in [2.45, 2.75) is 13.5 Å². The molecule has 0 unspecified atom stereocenters. The molecule has 0 saturated heterocycles. The molecule has 0 aliphatic rings. The summed E-state index contributed by atoms with van der Waals surface area (Å²) in [5.41, 5.74) is 3.31. The highest BCUT2D eigenvalue weighted by Gasteiger charge is 2.10. The number of nitrogens with zero attached hydrogens (tertiary/aromatic N) is 1. The van der Waals surface area contributed by atoms with E-state index in [2.05, 4.69) is 53.2 Å². The second-order valence-corrected chi connectivity index (χ2v) is 5.84. The Morgan fingerprint density at radius 1 is 1.14 bits per heavy atom. The predicted molar refractivity (Wildman–Crippen MR) is 92.1 cm³/mol. The standard InChI is InChI=1S/C17H18N2OS/c1-3-19-15-7-5-4-6-13(15)14-10-12(8-9-16(14)19)18-17(20)11-21-2/h4-10H,3,11H2,1-2H3,(H,18,20). The van der Waals surface area contributed by atoms with Gasteiger partial charge in [-0.3, -0.25) is 4.79 Å². The van der Waals surface area contributed by atoms with E-state index in [-0.39, 0.29) is 5.91 Å². The molecular weight excluding hydrogens is 280 g/mol. The van der Waals surface area contributed by atoms with Crippen molar-refractivity contribution >= 4 is 45.2 Å². The van der Waals surface area contributed by atoms with E-state index < -0.39 is 0 Å². The van der Waals surface area contributed by atoms with E-state index in [0.29, 0.717) is 5.75 Å². The van der Waals surface area contributed by atoms with Gasteiger partial charge in [-0.2, -0.15) is 11.8 Å². The van der Waals surface area contributed by atoms with Gasteiger partial charge in [0, 0.05) is 34.0 Å². The number of nitrogens with one attached hydrogen (secondary N) is 1. The molecule has 0 bridgehead atoms. The van der Waals surface area contributed by atoms with E-state index in [9.17, 15) is 4.79 Å². The van der Waals surface area contributed by atoms with Crippen molar-refractivity contribution < 1.29 is 4.79 Å². The maximum absolute atomic E-state index is 11.7. The summed E-state index contributed by atoms with van der Waals surface area (Å²) in [4.78, 5) is 11.7. The van der Waals surface area contributed by atoms with Crippen molar-refractivity contribution in [2.24, 2.45) is 0 Å². The number of aromatic nitrogens is 1. The quantitative estimate of drug-likeness (QED) is 0.786. The number of rotatable bonds is 4. The Bertz CT molecular complexity index is 807. The van der Waals surface area contributed by atoms with Gasteiger partial charge in [-0.1, -0.05) is 18.2 Å². The Balaban J connectivity index is 2.13. The van der Waals surface area contributed by atoms with Gasteiger partial charge in [0.25, 0.3) is 0 Å². The molecule has 4 heteroatoms. The van der Waals surface area contributed by atoms with Crippen LogP contribution in [0.4, 0.5) is 5.69 Å². The first-order chi connectivity index (χ1) is 10.2. The molecule has 2 aromatic carbocycles. The number of aryl methyl sites for hydroxylation is 1. The Morgan fingerprint density at radius 2 is 1.90 bits per heavy atom. The fraction of sp³-hybridized carbons (Fsp3) is 0.235. The van der Waals surface area contributed by atoms with Crippen LogP contribution in [0.25, 0.3) is 21.8 Å². The lowest BCUT2D eigenvalue weighted by molar-refractivity contribution is -0.113. The number of fused-ring (bicyclic) bond motifs is 3. The topological polar surface area (TPSA) is 34.0 Å². The zero-order valence-corrected chi connectivity index (χ0v) is 13.0. The molecular formula is C17H18N2OS. The fourth-order valence-corrected chi connectivity index (χ4v) is 3.13. The van der Waals surface area contributed by atoms with Gasteiger partial charge in [0.05, 0.1) is 5.75 Å². The normalized spacial score (nSPS) is 11.1. The van der Waals surface area contributed by atoms with Gasteiger partial charge in [-0.15, -0.1) is 0 Å². The highest BCUT2D eigenvalue weighted by molar-refractivity contribution is 7.99. The minimum absolute atomic E-state index is 0.0427. The van der Waals surface area contributed by atoms with Crippen molar-refractivity contribution in [3.8, 4) is 0 Å². The van der Waals surface area contributed by atoms with Crippen molar-refractivity contribution in [3.63, 3.8) is 0 Å². The van der Waals surface area contributed by atoms with Gasteiger partial charge in [-0.25, -0.2) is 0 Å². The van der Waals surface area contributed by atoms with E-state index in [1.165, 1.54) is 33.6 Å². The van der Waals surface area contributed by atoms with Crippen LogP contribution in [0.1, 0.15) is 6.92 Å². The summed E-state index contributed by atoms with van der Waals surface area (Å²) in [7, 11) is 0. The van der Waals surface area contributed by atoms with Crippen LogP contribution in [0.3, 0.4) is 0 Å².